The Balaban J connectivity index is 1.59. The average Bonchev–Trinajstić information content (AvgIpc) is 2.85. The van der Waals surface area contributed by atoms with Crippen LogP contribution < -0.4 is 10.6 Å². The minimum atomic E-state index is -4.24. The zero-order valence-corrected chi connectivity index (χ0v) is 20.2. The van der Waals surface area contributed by atoms with Crippen molar-refractivity contribution in [3.63, 3.8) is 0 Å². The number of amidine groups is 1. The van der Waals surface area contributed by atoms with Crippen LogP contribution in [0, 0.1) is 24.4 Å². The fourth-order valence-corrected chi connectivity index (χ4v) is 4.61. The lowest BCUT2D eigenvalue weighted by molar-refractivity contribution is 0.0978. The van der Waals surface area contributed by atoms with Gasteiger partial charge in [-0.05, 0) is 19.1 Å². The van der Waals surface area contributed by atoms with Crippen molar-refractivity contribution in [1.29, 1.82) is 0 Å². The molecule has 1 aliphatic rings. The topological polar surface area (TPSA) is 105 Å². The highest BCUT2D eigenvalue weighted by atomic mass is 32.2. The molecule has 37 heavy (non-hydrogen) atoms. The van der Waals surface area contributed by atoms with Crippen molar-refractivity contribution < 1.29 is 31.2 Å². The van der Waals surface area contributed by atoms with Crippen molar-refractivity contribution in [2.24, 2.45) is 4.40 Å². The second-order valence-corrected chi connectivity index (χ2v) is 9.78. The van der Waals surface area contributed by atoms with Gasteiger partial charge in [0.25, 0.3) is 10.0 Å². The Morgan fingerprint density at radius 3 is 2.19 bits per heavy atom. The number of carbonyl (C=O) groups is 2. The van der Waals surface area contributed by atoms with Crippen LogP contribution in [0.25, 0.3) is 0 Å². The molecule has 0 atom stereocenters. The lowest BCUT2D eigenvalue weighted by Gasteiger charge is -2.17. The Labute approximate surface area is 210 Å². The number of hydrogen-bond donors (Lipinski definition) is 2. The predicted molar refractivity (Wildman–Crippen MR) is 132 cm³/mol. The van der Waals surface area contributed by atoms with Gasteiger partial charge < -0.3 is 10.6 Å². The van der Waals surface area contributed by atoms with E-state index in [0.29, 0.717) is 12.1 Å². The van der Waals surface area contributed by atoms with Crippen LogP contribution in [0.15, 0.2) is 81.7 Å². The van der Waals surface area contributed by atoms with Gasteiger partial charge in [-0.15, -0.1) is 4.40 Å². The maximum atomic E-state index is 13.7. The molecule has 7 nitrogen and oxygen atoms in total. The largest absolute Gasteiger partial charge is 0.381 e. The molecule has 0 aliphatic heterocycles. The molecule has 1 aliphatic carbocycles. The second kappa shape index (κ2) is 10.4. The first-order valence-electron chi connectivity index (χ1n) is 11.0. The van der Waals surface area contributed by atoms with Crippen LogP contribution in [0.2, 0.25) is 0 Å². The van der Waals surface area contributed by atoms with Crippen LogP contribution in [-0.4, -0.2) is 32.4 Å². The number of benzene rings is 3. The Morgan fingerprint density at radius 2 is 1.54 bits per heavy atom. The molecule has 11 heteroatoms. The van der Waals surface area contributed by atoms with Gasteiger partial charge in [0.15, 0.2) is 23.2 Å². The van der Waals surface area contributed by atoms with Gasteiger partial charge in [0.05, 0.1) is 10.6 Å². The summed E-state index contributed by atoms with van der Waals surface area (Å²) in [5.74, 6) is -5.66. The van der Waals surface area contributed by atoms with Crippen LogP contribution >= 0.6 is 0 Å². The molecule has 0 radical (unpaired) electrons. The lowest BCUT2D eigenvalue weighted by atomic mass is 9.93. The highest BCUT2D eigenvalue weighted by Crippen LogP contribution is 2.21. The number of rotatable bonds is 7. The van der Waals surface area contributed by atoms with Crippen molar-refractivity contribution in [3.8, 4) is 0 Å². The quantitative estimate of drug-likeness (QED) is 0.265. The first-order valence-corrected chi connectivity index (χ1v) is 12.4. The number of carbonyl (C=O) groups excluding carboxylic acids is 2. The number of anilines is 1. The molecule has 0 amide bonds. The van der Waals surface area contributed by atoms with E-state index in [9.17, 15) is 31.2 Å². The van der Waals surface area contributed by atoms with Gasteiger partial charge in [-0.3, -0.25) is 9.59 Å². The second-order valence-electron chi connectivity index (χ2n) is 8.18. The van der Waals surface area contributed by atoms with Gasteiger partial charge >= 0.3 is 0 Å². The van der Waals surface area contributed by atoms with Crippen molar-refractivity contribution in [2.45, 2.75) is 18.2 Å². The van der Waals surface area contributed by atoms with Gasteiger partial charge in [0.2, 0.25) is 5.78 Å². The zero-order valence-electron chi connectivity index (χ0n) is 19.4. The molecule has 0 bridgehead atoms. The molecular weight excluding hydrogens is 507 g/mol. The van der Waals surface area contributed by atoms with Crippen molar-refractivity contribution in [1.82, 2.24) is 5.32 Å². The zero-order chi connectivity index (χ0) is 26.7. The summed E-state index contributed by atoms with van der Waals surface area (Å²) in [4.78, 5) is 25.0. The van der Waals surface area contributed by atoms with E-state index >= 15 is 0 Å². The minimum Gasteiger partial charge on any atom is -0.381 e. The number of halogens is 3. The first kappa shape index (κ1) is 25.8. The summed E-state index contributed by atoms with van der Waals surface area (Å²) in [6.45, 7) is 1.70. The van der Waals surface area contributed by atoms with Crippen LogP contribution in [0.1, 0.15) is 32.7 Å². The van der Waals surface area contributed by atoms with Crippen molar-refractivity contribution in [2.75, 3.05) is 11.9 Å². The van der Waals surface area contributed by atoms with Crippen LogP contribution in [-0.2, 0) is 10.0 Å². The molecule has 2 N–H and O–H groups in total. The molecular formula is C26H20F3N3O4S. The standard InChI is InChI=1S/C26H20F3N3O4S/c1-15-6-8-17(9-7-15)37(35,36)32-24(31-16-12-20(27)25(29)21(28)13-16)10-11-30-22-14-23(33)18-4-2-3-5-19(18)26(22)34/h2-9,12-14,30H,10-11H2,1H3,(H,31,32). The van der Waals surface area contributed by atoms with E-state index in [2.05, 4.69) is 15.0 Å². The van der Waals surface area contributed by atoms with Gasteiger partial charge in [-0.1, -0.05) is 42.0 Å². The lowest BCUT2D eigenvalue weighted by Crippen LogP contribution is -2.29. The molecule has 3 aromatic rings. The van der Waals surface area contributed by atoms with E-state index in [1.54, 1.807) is 31.2 Å². The normalized spacial score (nSPS) is 13.7. The first-order chi connectivity index (χ1) is 17.5. The average molecular weight is 528 g/mol. The molecule has 0 saturated heterocycles. The van der Waals surface area contributed by atoms with Crippen molar-refractivity contribution >= 4 is 33.1 Å². The molecule has 190 valence electrons. The fraction of sp³-hybridized carbons (Fsp3) is 0.115. The Kier molecular flexibility index (Phi) is 7.25. The predicted octanol–water partition coefficient (Wildman–Crippen LogP) is 4.55. The number of sulfonamides is 1. The molecule has 0 heterocycles. The van der Waals surface area contributed by atoms with Crippen LogP contribution in [0.4, 0.5) is 18.9 Å². The Bertz CT molecular complexity index is 1540. The summed E-state index contributed by atoms with van der Waals surface area (Å²) in [6, 6.07) is 13.5. The third-order valence-corrected chi connectivity index (χ3v) is 6.78. The number of ketones is 2. The maximum Gasteiger partial charge on any atom is 0.283 e. The number of Topliss-reactive ketones (excluding diaryl/α,β-unsaturated/α-hetero) is 1. The highest BCUT2D eigenvalue weighted by molar-refractivity contribution is 7.90. The van der Waals surface area contributed by atoms with E-state index in [-0.39, 0.29) is 52.0 Å². The third kappa shape index (κ3) is 5.78. The van der Waals surface area contributed by atoms with Gasteiger partial charge in [-0.25, -0.2) is 13.2 Å². The fourth-order valence-electron chi connectivity index (χ4n) is 3.60. The molecule has 0 unspecified atom stereocenters. The monoisotopic (exact) mass is 527 g/mol. The molecule has 0 spiro atoms. The van der Waals surface area contributed by atoms with Gasteiger partial charge in [-0.2, -0.15) is 8.42 Å². The Morgan fingerprint density at radius 1 is 0.919 bits per heavy atom. The highest BCUT2D eigenvalue weighted by Gasteiger charge is 2.25. The summed E-state index contributed by atoms with van der Waals surface area (Å²) in [5.41, 5.74) is 1.05. The summed E-state index contributed by atoms with van der Waals surface area (Å²) in [5, 5.41) is 5.30. The minimum absolute atomic E-state index is 0.00307. The Hall–Kier alpha value is -4.25. The molecule has 0 aromatic heterocycles. The number of allylic oxidation sites excluding steroid dienone is 2. The molecule has 3 aromatic carbocycles. The number of hydrogen-bond acceptors (Lipinski definition) is 5. The number of nitrogens with zero attached hydrogens (tertiary/aromatic N) is 1. The SMILES string of the molecule is Cc1ccc(S(=O)(=O)N=C(CCNC2=CC(=O)c3ccccc3C2=O)Nc2cc(F)c(F)c(F)c2)cc1. The number of nitrogens with one attached hydrogen (secondary N) is 2. The van der Waals surface area contributed by atoms with E-state index in [1.807, 2.05) is 0 Å². The van der Waals surface area contributed by atoms with E-state index in [0.717, 1.165) is 11.6 Å². The van der Waals surface area contributed by atoms with Gasteiger partial charge in [0, 0.05) is 48.0 Å². The van der Waals surface area contributed by atoms with E-state index in [4.69, 9.17) is 0 Å². The molecule has 0 fully saturated rings. The van der Waals surface area contributed by atoms with Crippen LogP contribution in [0.5, 0.6) is 0 Å². The van der Waals surface area contributed by atoms with E-state index < -0.39 is 33.3 Å². The van der Waals surface area contributed by atoms with Crippen molar-refractivity contribution in [3.05, 3.63) is 107 Å². The molecule has 0 saturated carbocycles. The van der Waals surface area contributed by atoms with Gasteiger partial charge in [0.1, 0.15) is 5.84 Å². The summed E-state index contributed by atoms with van der Waals surface area (Å²) in [7, 11) is -4.24. The number of fused-ring (bicyclic) bond motifs is 1. The third-order valence-electron chi connectivity index (χ3n) is 5.46. The molecule has 4 rings (SSSR count). The summed E-state index contributed by atoms with van der Waals surface area (Å²) in [6.07, 6.45) is 0.967. The summed E-state index contributed by atoms with van der Waals surface area (Å²) < 4.78 is 70.3. The van der Waals surface area contributed by atoms with E-state index in [1.165, 1.54) is 24.3 Å². The summed E-state index contributed by atoms with van der Waals surface area (Å²) >= 11 is 0. The number of aryl methyl sites for hydroxylation is 1. The maximum absolute atomic E-state index is 13.7. The van der Waals surface area contributed by atoms with Crippen LogP contribution in [0.3, 0.4) is 0 Å². The smallest absolute Gasteiger partial charge is 0.283 e.